The van der Waals surface area contributed by atoms with Crippen LogP contribution in [0.5, 0.6) is 0 Å². The molecule has 0 fully saturated rings. The molecule has 0 spiro atoms. The summed E-state index contributed by atoms with van der Waals surface area (Å²) in [5.41, 5.74) is 0. The van der Waals surface area contributed by atoms with Crippen molar-refractivity contribution in [1.82, 2.24) is 15.3 Å². The predicted octanol–water partition coefficient (Wildman–Crippen LogP) is 1.37. The lowest BCUT2D eigenvalue weighted by atomic mass is 10.4. The van der Waals surface area contributed by atoms with Crippen molar-refractivity contribution in [1.29, 1.82) is 0 Å². The van der Waals surface area contributed by atoms with Crippen molar-refractivity contribution in [2.75, 3.05) is 11.8 Å². The first-order chi connectivity index (χ1) is 9.03. The molecule has 0 aliphatic heterocycles. The van der Waals surface area contributed by atoms with Gasteiger partial charge in [-0.2, -0.15) is 0 Å². The summed E-state index contributed by atoms with van der Waals surface area (Å²) in [5, 5.41) is 3.00. The maximum Gasteiger partial charge on any atom is 0.265 e. The van der Waals surface area contributed by atoms with Gasteiger partial charge in [0.1, 0.15) is 4.90 Å². The highest BCUT2D eigenvalue weighted by Gasteiger charge is 2.20. The van der Waals surface area contributed by atoms with Gasteiger partial charge >= 0.3 is 0 Å². The Labute approximate surface area is 116 Å². The van der Waals surface area contributed by atoms with Crippen LogP contribution >= 0.6 is 11.3 Å². The third-order valence-corrected chi connectivity index (χ3v) is 4.99. The largest absolute Gasteiger partial charge is 0.315 e. The molecule has 0 amide bonds. The summed E-state index contributed by atoms with van der Waals surface area (Å²) in [6, 6.07) is 3.29. The fourth-order valence-corrected chi connectivity index (χ4v) is 4.19. The van der Waals surface area contributed by atoms with E-state index in [0.29, 0.717) is 6.54 Å². The smallest absolute Gasteiger partial charge is 0.265 e. The molecule has 0 saturated carbocycles. The number of hydrogen-bond acceptors (Lipinski definition) is 6. The number of nitrogens with zero attached hydrogens (tertiary/aromatic N) is 2. The van der Waals surface area contributed by atoms with Crippen LogP contribution in [0.1, 0.15) is 9.75 Å². The van der Waals surface area contributed by atoms with E-state index in [1.165, 1.54) is 23.7 Å². The monoisotopic (exact) mass is 298 g/mol. The van der Waals surface area contributed by atoms with E-state index < -0.39 is 10.0 Å². The first-order valence-corrected chi connectivity index (χ1v) is 7.86. The van der Waals surface area contributed by atoms with E-state index in [2.05, 4.69) is 20.0 Å². The van der Waals surface area contributed by atoms with Crippen LogP contribution in [0, 0.1) is 6.92 Å². The summed E-state index contributed by atoms with van der Waals surface area (Å²) in [6.07, 6.45) is 2.97. The van der Waals surface area contributed by atoms with Crippen molar-refractivity contribution in [2.24, 2.45) is 0 Å². The molecule has 2 aromatic heterocycles. The van der Waals surface area contributed by atoms with Crippen LogP contribution in [0.3, 0.4) is 0 Å². The van der Waals surface area contributed by atoms with E-state index >= 15 is 0 Å². The molecule has 0 radical (unpaired) electrons. The zero-order valence-corrected chi connectivity index (χ0v) is 12.2. The van der Waals surface area contributed by atoms with Crippen LogP contribution in [0.25, 0.3) is 0 Å². The maximum absolute atomic E-state index is 12.2. The van der Waals surface area contributed by atoms with Gasteiger partial charge in [0.15, 0.2) is 0 Å². The zero-order valence-electron chi connectivity index (χ0n) is 10.5. The Hall–Kier alpha value is -1.51. The Bertz CT molecular complexity index is 653. The van der Waals surface area contributed by atoms with Gasteiger partial charge in [0.2, 0.25) is 5.95 Å². The van der Waals surface area contributed by atoms with E-state index in [9.17, 15) is 8.42 Å². The molecular weight excluding hydrogens is 284 g/mol. The molecule has 8 heteroatoms. The average Bonchev–Trinajstić information content (AvgIpc) is 2.72. The van der Waals surface area contributed by atoms with Gasteiger partial charge in [-0.25, -0.2) is 23.1 Å². The Balaban J connectivity index is 2.29. The molecule has 0 bridgehead atoms. The fraction of sp³-hybridized carbons (Fsp3) is 0.273. The number of aryl methyl sites for hydroxylation is 1. The van der Waals surface area contributed by atoms with E-state index in [0.717, 1.165) is 9.75 Å². The highest BCUT2D eigenvalue weighted by atomic mass is 32.2. The van der Waals surface area contributed by atoms with E-state index in [1.54, 1.807) is 19.1 Å². The number of sulfonamides is 1. The van der Waals surface area contributed by atoms with Crippen LogP contribution in [0.2, 0.25) is 0 Å². The second kappa shape index (κ2) is 5.64. The minimum Gasteiger partial charge on any atom is -0.315 e. The highest BCUT2D eigenvalue weighted by Crippen LogP contribution is 2.26. The van der Waals surface area contributed by atoms with Crippen LogP contribution in [0.4, 0.5) is 5.95 Å². The lowest BCUT2D eigenvalue weighted by molar-refractivity contribution is 0.600. The average molecular weight is 298 g/mol. The van der Waals surface area contributed by atoms with Gasteiger partial charge in [0.05, 0.1) is 0 Å². The summed E-state index contributed by atoms with van der Waals surface area (Å²) in [4.78, 5) is 9.69. The summed E-state index contributed by atoms with van der Waals surface area (Å²) >= 11 is 1.45. The first kappa shape index (κ1) is 13.9. The normalized spacial score (nSPS) is 11.5. The van der Waals surface area contributed by atoms with E-state index in [-0.39, 0.29) is 10.8 Å². The Morgan fingerprint density at radius 2 is 2.00 bits per heavy atom. The molecule has 2 heterocycles. The van der Waals surface area contributed by atoms with E-state index in [1.807, 2.05) is 7.05 Å². The van der Waals surface area contributed by atoms with Crippen LogP contribution in [0.15, 0.2) is 29.4 Å². The lowest BCUT2D eigenvalue weighted by Gasteiger charge is -2.04. The molecule has 0 aliphatic rings. The van der Waals surface area contributed by atoms with E-state index in [4.69, 9.17) is 0 Å². The zero-order chi connectivity index (χ0) is 13.9. The number of rotatable bonds is 5. The fourth-order valence-electron chi connectivity index (χ4n) is 1.58. The molecule has 0 aliphatic carbocycles. The van der Waals surface area contributed by atoms with Gasteiger partial charge in [-0.05, 0) is 26.1 Å². The molecule has 19 heavy (non-hydrogen) atoms. The predicted molar refractivity (Wildman–Crippen MR) is 74.7 cm³/mol. The van der Waals surface area contributed by atoms with Crippen molar-refractivity contribution in [3.05, 3.63) is 34.3 Å². The summed E-state index contributed by atoms with van der Waals surface area (Å²) in [7, 11) is -1.82. The topological polar surface area (TPSA) is 84.0 Å². The highest BCUT2D eigenvalue weighted by molar-refractivity contribution is 7.92. The first-order valence-electron chi connectivity index (χ1n) is 5.56. The standard InChI is InChI=1S/C11H14N4O2S2/c1-8-10(6-9(18-8)7-12-2)19(16,17)15-11-13-4-3-5-14-11/h3-6,12H,7H2,1-2H3,(H,13,14,15). The number of anilines is 1. The molecule has 0 atom stereocenters. The summed E-state index contributed by atoms with van der Waals surface area (Å²) < 4.78 is 26.8. The van der Waals surface area contributed by atoms with Crippen molar-refractivity contribution in [2.45, 2.75) is 18.4 Å². The summed E-state index contributed by atoms with van der Waals surface area (Å²) in [5.74, 6) is 0.0725. The van der Waals surface area contributed by atoms with Crippen LogP contribution < -0.4 is 10.0 Å². The third-order valence-electron chi connectivity index (χ3n) is 2.36. The second-order valence-electron chi connectivity index (χ2n) is 3.84. The quantitative estimate of drug-likeness (QED) is 0.871. The lowest BCUT2D eigenvalue weighted by Crippen LogP contribution is -2.15. The van der Waals surface area contributed by atoms with Gasteiger partial charge in [0.25, 0.3) is 10.0 Å². The van der Waals surface area contributed by atoms with Crippen molar-refractivity contribution < 1.29 is 8.42 Å². The summed E-state index contributed by atoms with van der Waals surface area (Å²) in [6.45, 7) is 2.42. The molecule has 6 nitrogen and oxygen atoms in total. The van der Waals surface area contributed by atoms with Gasteiger partial charge in [-0.3, -0.25) is 0 Å². The Kier molecular flexibility index (Phi) is 4.13. The van der Waals surface area contributed by atoms with Crippen molar-refractivity contribution >= 4 is 27.3 Å². The van der Waals surface area contributed by atoms with Crippen LogP contribution in [-0.2, 0) is 16.6 Å². The van der Waals surface area contributed by atoms with Gasteiger partial charge < -0.3 is 5.32 Å². The molecule has 2 aromatic rings. The molecule has 0 saturated heterocycles. The van der Waals surface area contributed by atoms with Crippen molar-refractivity contribution in [3.8, 4) is 0 Å². The van der Waals surface area contributed by atoms with Crippen molar-refractivity contribution in [3.63, 3.8) is 0 Å². The number of hydrogen-bond donors (Lipinski definition) is 2. The molecular formula is C11H14N4O2S2. The molecule has 2 rings (SSSR count). The second-order valence-corrected chi connectivity index (χ2v) is 6.83. The molecule has 0 aromatic carbocycles. The minimum absolute atomic E-state index is 0.0725. The Morgan fingerprint density at radius 3 is 2.63 bits per heavy atom. The number of nitrogens with one attached hydrogen (secondary N) is 2. The third kappa shape index (κ3) is 3.28. The van der Waals surface area contributed by atoms with Gasteiger partial charge in [0, 0.05) is 28.7 Å². The molecule has 102 valence electrons. The SMILES string of the molecule is CNCc1cc(S(=O)(=O)Nc2ncccn2)c(C)s1. The Morgan fingerprint density at radius 1 is 1.32 bits per heavy atom. The van der Waals surface area contributed by atoms with Crippen LogP contribution in [-0.4, -0.2) is 25.4 Å². The minimum atomic E-state index is -3.63. The maximum atomic E-state index is 12.2. The van der Waals surface area contributed by atoms with Gasteiger partial charge in [-0.15, -0.1) is 11.3 Å². The van der Waals surface area contributed by atoms with Gasteiger partial charge in [-0.1, -0.05) is 0 Å². The number of aromatic nitrogens is 2. The molecule has 2 N–H and O–H groups in total. The number of thiophene rings is 1. The molecule has 0 unspecified atom stereocenters.